The molecule has 1 aliphatic heterocycles. The zero-order valence-electron chi connectivity index (χ0n) is 14.0. The first kappa shape index (κ1) is 16.7. The monoisotopic (exact) mass is 341 g/mol. The van der Waals surface area contributed by atoms with Crippen molar-refractivity contribution in [3.63, 3.8) is 0 Å². The Hall–Kier alpha value is -2.10. The third-order valence-corrected chi connectivity index (χ3v) is 4.40. The van der Waals surface area contributed by atoms with Gasteiger partial charge in [0.2, 0.25) is 0 Å². The summed E-state index contributed by atoms with van der Waals surface area (Å²) in [5.74, 6) is -0.189. The molecule has 24 heavy (non-hydrogen) atoms. The summed E-state index contributed by atoms with van der Waals surface area (Å²) >= 11 is 5.97. The van der Waals surface area contributed by atoms with Crippen LogP contribution in [0.25, 0.3) is 5.57 Å². The highest BCUT2D eigenvalue weighted by Gasteiger charge is 2.50. The van der Waals surface area contributed by atoms with Crippen molar-refractivity contribution in [3.05, 3.63) is 76.8 Å². The molecule has 1 atom stereocenters. The van der Waals surface area contributed by atoms with Gasteiger partial charge >= 0.3 is 0 Å². The fraction of sp³-hybridized carbons (Fsp3) is 0.250. The lowest BCUT2D eigenvalue weighted by Crippen LogP contribution is -2.54. The van der Waals surface area contributed by atoms with E-state index in [9.17, 15) is 9.90 Å². The molecule has 4 heteroatoms. The van der Waals surface area contributed by atoms with E-state index in [0.29, 0.717) is 16.2 Å². The van der Waals surface area contributed by atoms with Gasteiger partial charge in [-0.2, -0.15) is 0 Å². The van der Waals surface area contributed by atoms with Crippen molar-refractivity contribution in [1.29, 1.82) is 0 Å². The number of benzene rings is 2. The third-order valence-electron chi connectivity index (χ3n) is 4.14. The molecule has 124 valence electrons. The first-order valence-electron chi connectivity index (χ1n) is 7.85. The standard InChI is InChI=1S/C20H20ClNO2/c1-19(2,3)22-18(23)17(14-7-5-4-6-8-14)13-20(22,24)15-9-11-16(21)12-10-15/h4-13,24H,1-3H3. The van der Waals surface area contributed by atoms with E-state index in [1.54, 1.807) is 30.3 Å². The molecule has 0 aliphatic carbocycles. The fourth-order valence-electron chi connectivity index (χ4n) is 3.15. The van der Waals surface area contributed by atoms with Crippen molar-refractivity contribution in [2.75, 3.05) is 0 Å². The van der Waals surface area contributed by atoms with E-state index >= 15 is 0 Å². The minimum absolute atomic E-state index is 0.189. The Morgan fingerprint density at radius 2 is 1.58 bits per heavy atom. The minimum Gasteiger partial charge on any atom is -0.363 e. The van der Waals surface area contributed by atoms with Crippen LogP contribution in [0, 0.1) is 0 Å². The molecule has 0 saturated heterocycles. The number of rotatable bonds is 2. The van der Waals surface area contributed by atoms with Gasteiger partial charge in [0.15, 0.2) is 5.72 Å². The number of carbonyl (C=O) groups excluding carboxylic acids is 1. The maximum Gasteiger partial charge on any atom is 0.257 e. The Morgan fingerprint density at radius 1 is 1.00 bits per heavy atom. The Balaban J connectivity index is 2.18. The molecular formula is C20H20ClNO2. The number of amides is 1. The second-order valence-electron chi connectivity index (χ2n) is 6.97. The predicted molar refractivity (Wildman–Crippen MR) is 96.4 cm³/mol. The minimum atomic E-state index is -1.51. The number of nitrogens with zero attached hydrogens (tertiary/aromatic N) is 1. The van der Waals surface area contributed by atoms with Crippen LogP contribution in [0.1, 0.15) is 31.9 Å². The van der Waals surface area contributed by atoms with Crippen LogP contribution in [0.5, 0.6) is 0 Å². The molecule has 2 aromatic carbocycles. The Bertz CT molecular complexity index is 791. The molecule has 0 saturated carbocycles. The summed E-state index contributed by atoms with van der Waals surface area (Å²) in [6, 6.07) is 16.3. The zero-order chi connectivity index (χ0) is 17.5. The number of hydrogen-bond donors (Lipinski definition) is 1. The van der Waals surface area contributed by atoms with E-state index in [2.05, 4.69) is 0 Å². The molecule has 0 aromatic heterocycles. The van der Waals surface area contributed by atoms with Gasteiger partial charge in [0.05, 0.1) is 0 Å². The SMILES string of the molecule is CC(C)(C)N1C(=O)C(c2ccccc2)=CC1(O)c1ccc(Cl)cc1. The topological polar surface area (TPSA) is 40.5 Å². The van der Waals surface area contributed by atoms with Gasteiger partial charge in [-0.1, -0.05) is 54.1 Å². The quantitative estimate of drug-likeness (QED) is 0.888. The molecule has 1 amide bonds. The molecule has 1 heterocycles. The van der Waals surface area contributed by atoms with E-state index < -0.39 is 11.3 Å². The third kappa shape index (κ3) is 2.74. The molecule has 1 unspecified atom stereocenters. The van der Waals surface area contributed by atoms with Crippen LogP contribution in [-0.4, -0.2) is 21.5 Å². The van der Waals surface area contributed by atoms with Gasteiger partial charge < -0.3 is 5.11 Å². The molecule has 0 radical (unpaired) electrons. The molecule has 3 rings (SSSR count). The molecule has 1 aliphatic rings. The number of hydrogen-bond acceptors (Lipinski definition) is 2. The maximum atomic E-state index is 13.1. The average molecular weight is 342 g/mol. The van der Waals surface area contributed by atoms with Gasteiger partial charge in [-0.05, 0) is 44.5 Å². The first-order chi connectivity index (χ1) is 11.2. The van der Waals surface area contributed by atoms with Crippen LogP contribution in [0.2, 0.25) is 5.02 Å². The van der Waals surface area contributed by atoms with Crippen molar-refractivity contribution >= 4 is 23.1 Å². The van der Waals surface area contributed by atoms with Crippen LogP contribution >= 0.6 is 11.6 Å². The summed E-state index contributed by atoms with van der Waals surface area (Å²) in [6.07, 6.45) is 1.64. The summed E-state index contributed by atoms with van der Waals surface area (Å²) in [5.41, 5.74) is -0.158. The fourth-order valence-corrected chi connectivity index (χ4v) is 3.28. The second kappa shape index (κ2) is 5.76. The van der Waals surface area contributed by atoms with Gasteiger partial charge in [0.1, 0.15) is 0 Å². The van der Waals surface area contributed by atoms with E-state index in [-0.39, 0.29) is 5.91 Å². The smallest absolute Gasteiger partial charge is 0.257 e. The van der Waals surface area contributed by atoms with Crippen molar-refractivity contribution in [2.45, 2.75) is 32.0 Å². The molecule has 0 spiro atoms. The van der Waals surface area contributed by atoms with E-state index in [1.807, 2.05) is 51.1 Å². The number of halogens is 1. The van der Waals surface area contributed by atoms with E-state index in [4.69, 9.17) is 11.6 Å². The first-order valence-corrected chi connectivity index (χ1v) is 8.22. The highest BCUT2D eigenvalue weighted by atomic mass is 35.5. The zero-order valence-corrected chi connectivity index (χ0v) is 14.7. The lowest BCUT2D eigenvalue weighted by atomic mass is 9.96. The van der Waals surface area contributed by atoms with Crippen LogP contribution < -0.4 is 0 Å². The summed E-state index contributed by atoms with van der Waals surface area (Å²) in [4.78, 5) is 14.6. The van der Waals surface area contributed by atoms with E-state index in [1.165, 1.54) is 4.90 Å². The number of carbonyl (C=O) groups is 1. The maximum absolute atomic E-state index is 13.1. The van der Waals surface area contributed by atoms with Crippen LogP contribution in [0.3, 0.4) is 0 Å². The molecule has 3 nitrogen and oxygen atoms in total. The predicted octanol–water partition coefficient (Wildman–Crippen LogP) is 4.21. The van der Waals surface area contributed by atoms with Crippen molar-refractivity contribution in [2.24, 2.45) is 0 Å². The van der Waals surface area contributed by atoms with Crippen LogP contribution in [-0.2, 0) is 10.5 Å². The Labute approximate surface area is 147 Å². The van der Waals surface area contributed by atoms with E-state index in [0.717, 1.165) is 5.56 Å². The summed E-state index contributed by atoms with van der Waals surface area (Å²) in [5, 5.41) is 12.0. The van der Waals surface area contributed by atoms with Gasteiger partial charge in [-0.3, -0.25) is 9.69 Å². The van der Waals surface area contributed by atoms with Gasteiger partial charge in [-0.15, -0.1) is 0 Å². The summed E-state index contributed by atoms with van der Waals surface area (Å²) in [6.45, 7) is 5.73. The molecule has 2 aromatic rings. The lowest BCUT2D eigenvalue weighted by Gasteiger charge is -2.42. The largest absolute Gasteiger partial charge is 0.363 e. The van der Waals surface area contributed by atoms with Crippen molar-refractivity contribution in [3.8, 4) is 0 Å². The molecular weight excluding hydrogens is 322 g/mol. The highest BCUT2D eigenvalue weighted by molar-refractivity contribution is 6.30. The second-order valence-corrected chi connectivity index (χ2v) is 7.40. The van der Waals surface area contributed by atoms with Crippen molar-refractivity contribution in [1.82, 2.24) is 4.90 Å². The average Bonchev–Trinajstić information content (AvgIpc) is 2.81. The van der Waals surface area contributed by atoms with Crippen molar-refractivity contribution < 1.29 is 9.90 Å². The van der Waals surface area contributed by atoms with Gasteiger partial charge in [-0.25, -0.2) is 0 Å². The van der Waals surface area contributed by atoms with Gasteiger partial charge in [0.25, 0.3) is 5.91 Å². The normalized spacial score (nSPS) is 21.1. The van der Waals surface area contributed by atoms with Gasteiger partial charge in [0, 0.05) is 21.7 Å². The Morgan fingerprint density at radius 3 is 2.12 bits per heavy atom. The summed E-state index contributed by atoms with van der Waals surface area (Å²) in [7, 11) is 0. The summed E-state index contributed by atoms with van der Waals surface area (Å²) < 4.78 is 0. The molecule has 1 N–H and O–H groups in total. The molecule has 0 fully saturated rings. The van der Waals surface area contributed by atoms with Crippen LogP contribution in [0.4, 0.5) is 0 Å². The highest BCUT2D eigenvalue weighted by Crippen LogP contribution is 2.43. The Kier molecular flexibility index (Phi) is 4.02. The lowest BCUT2D eigenvalue weighted by molar-refractivity contribution is -0.155. The van der Waals surface area contributed by atoms with Crippen LogP contribution in [0.15, 0.2) is 60.7 Å². The molecule has 0 bridgehead atoms. The number of aliphatic hydroxyl groups is 1.